The first-order valence-electron chi connectivity index (χ1n) is 5.12. The van der Waals surface area contributed by atoms with Gasteiger partial charge in [0.25, 0.3) is 0 Å². The molecule has 1 N–H and O–H groups in total. The third-order valence-electron chi connectivity index (χ3n) is 2.86. The van der Waals surface area contributed by atoms with Crippen molar-refractivity contribution in [1.29, 1.82) is 0 Å². The Morgan fingerprint density at radius 1 is 1.40 bits per heavy atom. The van der Waals surface area contributed by atoms with Crippen molar-refractivity contribution in [2.24, 2.45) is 0 Å². The lowest BCUT2D eigenvalue weighted by molar-refractivity contribution is -0.235. The van der Waals surface area contributed by atoms with Crippen molar-refractivity contribution in [3.8, 4) is 0 Å². The number of hydrogen-bond acceptors (Lipinski definition) is 4. The Kier molecular flexibility index (Phi) is 4.96. The van der Waals surface area contributed by atoms with Crippen LogP contribution in [0.2, 0.25) is 18.1 Å². The molecule has 0 saturated heterocycles. The highest BCUT2D eigenvalue weighted by molar-refractivity contribution is 6.74. The molecule has 0 aliphatic heterocycles. The lowest BCUT2D eigenvalue weighted by Crippen LogP contribution is -2.43. The van der Waals surface area contributed by atoms with Crippen LogP contribution in [0.4, 0.5) is 0 Å². The fraction of sp³-hybridized carbons (Fsp3) is 0.900. The zero-order chi connectivity index (χ0) is 12.3. The van der Waals surface area contributed by atoms with E-state index in [9.17, 15) is 4.79 Å². The van der Waals surface area contributed by atoms with E-state index >= 15 is 0 Å². The van der Waals surface area contributed by atoms with E-state index in [1.54, 1.807) is 0 Å². The van der Waals surface area contributed by atoms with Crippen LogP contribution in [0, 0.1) is 0 Å². The smallest absolute Gasteiger partial charge is 0.344 e. The van der Waals surface area contributed by atoms with Crippen molar-refractivity contribution in [2.75, 3.05) is 0 Å². The lowest BCUT2D eigenvalue weighted by Gasteiger charge is -2.38. The maximum absolute atomic E-state index is 10.8. The molecule has 0 bridgehead atoms. The van der Waals surface area contributed by atoms with Gasteiger partial charge in [0.05, 0.1) is 12.5 Å². The molecule has 0 heterocycles. The Bertz CT molecular complexity index is 220. The topological polar surface area (TPSA) is 55.8 Å². The first-order chi connectivity index (χ1) is 6.60. The summed E-state index contributed by atoms with van der Waals surface area (Å²) in [4.78, 5) is 14.4. The van der Waals surface area contributed by atoms with Crippen LogP contribution in [-0.2, 0) is 14.1 Å². The summed E-state index contributed by atoms with van der Waals surface area (Å²) < 4.78 is 5.90. The van der Waals surface area contributed by atoms with E-state index in [-0.39, 0.29) is 17.6 Å². The Hall–Kier alpha value is -0.393. The summed E-state index contributed by atoms with van der Waals surface area (Å²) in [5.74, 6) is -0.652. The van der Waals surface area contributed by atoms with Gasteiger partial charge in [-0.25, -0.2) is 4.79 Å². The molecule has 0 aromatic heterocycles. The minimum absolute atomic E-state index is 0.0863. The summed E-state index contributed by atoms with van der Waals surface area (Å²) in [5, 5.41) is 8.26. The van der Waals surface area contributed by atoms with Crippen molar-refractivity contribution >= 4 is 14.3 Å². The monoisotopic (exact) mass is 234 g/mol. The van der Waals surface area contributed by atoms with Gasteiger partial charge in [-0.1, -0.05) is 20.8 Å². The summed E-state index contributed by atoms with van der Waals surface area (Å²) in [6.07, 6.45) is -0.131. The number of hydrogen-bond donors (Lipinski definition) is 1. The van der Waals surface area contributed by atoms with Crippen LogP contribution in [-0.4, -0.2) is 25.6 Å². The highest BCUT2D eigenvalue weighted by Gasteiger charge is 2.38. The van der Waals surface area contributed by atoms with Crippen LogP contribution in [0.3, 0.4) is 0 Å². The van der Waals surface area contributed by atoms with Gasteiger partial charge in [-0.3, -0.25) is 0 Å². The van der Waals surface area contributed by atoms with Crippen molar-refractivity contribution in [2.45, 2.75) is 58.4 Å². The molecular formula is C10H22O4Si. The molecular weight excluding hydrogens is 212 g/mol. The molecule has 0 amide bonds. The van der Waals surface area contributed by atoms with Crippen LogP contribution < -0.4 is 0 Å². The van der Waals surface area contributed by atoms with Crippen LogP contribution >= 0.6 is 0 Å². The molecule has 0 spiro atoms. The quantitative estimate of drug-likeness (QED) is 0.461. The van der Waals surface area contributed by atoms with Crippen LogP contribution in [0.25, 0.3) is 0 Å². The second-order valence-electron chi connectivity index (χ2n) is 5.36. The Morgan fingerprint density at radius 2 is 1.87 bits per heavy atom. The van der Waals surface area contributed by atoms with Crippen LogP contribution in [0.15, 0.2) is 0 Å². The van der Waals surface area contributed by atoms with Gasteiger partial charge in [0.1, 0.15) is 0 Å². The summed E-state index contributed by atoms with van der Waals surface area (Å²) >= 11 is 0. The second kappa shape index (κ2) is 5.09. The van der Waals surface area contributed by atoms with Gasteiger partial charge in [0.15, 0.2) is 8.32 Å². The molecule has 1 atom stereocenters. The van der Waals surface area contributed by atoms with E-state index in [0.29, 0.717) is 0 Å². The van der Waals surface area contributed by atoms with E-state index < -0.39 is 14.3 Å². The molecule has 0 aliphatic carbocycles. The third kappa shape index (κ3) is 4.77. The molecule has 0 radical (unpaired) electrons. The number of carbonyl (C=O) groups excluding carboxylic acids is 1. The van der Waals surface area contributed by atoms with Gasteiger partial charge < -0.3 is 9.31 Å². The maximum Gasteiger partial charge on any atom is 0.344 e. The zero-order valence-electron chi connectivity index (χ0n) is 10.5. The van der Waals surface area contributed by atoms with Gasteiger partial charge in [-0.15, -0.1) is 0 Å². The SMILES string of the molecule is C[C@H](CC(=O)OO)O[Si](C)(C)C(C)(C)C. The average molecular weight is 234 g/mol. The van der Waals surface area contributed by atoms with Crippen molar-refractivity contribution in [3.63, 3.8) is 0 Å². The molecule has 0 unspecified atom stereocenters. The predicted octanol–water partition coefficient (Wildman–Crippen LogP) is 2.80. The Labute approximate surface area is 92.6 Å². The molecule has 90 valence electrons. The lowest BCUT2D eigenvalue weighted by atomic mass is 10.2. The molecule has 15 heavy (non-hydrogen) atoms. The van der Waals surface area contributed by atoms with Crippen molar-refractivity contribution in [1.82, 2.24) is 0 Å². The minimum atomic E-state index is -1.84. The number of rotatable bonds is 4. The Morgan fingerprint density at radius 3 is 2.20 bits per heavy atom. The first-order valence-corrected chi connectivity index (χ1v) is 8.03. The minimum Gasteiger partial charge on any atom is -0.414 e. The van der Waals surface area contributed by atoms with E-state index in [1.807, 2.05) is 6.92 Å². The van der Waals surface area contributed by atoms with Crippen LogP contribution in [0.1, 0.15) is 34.1 Å². The molecule has 0 rings (SSSR count). The van der Waals surface area contributed by atoms with Gasteiger partial charge in [0.2, 0.25) is 0 Å². The van der Waals surface area contributed by atoms with Gasteiger partial charge >= 0.3 is 5.97 Å². The van der Waals surface area contributed by atoms with Gasteiger partial charge in [-0.05, 0) is 25.1 Å². The average Bonchev–Trinajstić information content (AvgIpc) is 2.00. The number of carbonyl (C=O) groups is 1. The van der Waals surface area contributed by atoms with Crippen molar-refractivity contribution in [3.05, 3.63) is 0 Å². The summed E-state index contributed by atoms with van der Waals surface area (Å²) in [6, 6.07) is 0. The summed E-state index contributed by atoms with van der Waals surface area (Å²) in [6.45, 7) is 12.5. The summed E-state index contributed by atoms with van der Waals surface area (Å²) in [7, 11) is -1.84. The fourth-order valence-corrected chi connectivity index (χ4v) is 2.44. The van der Waals surface area contributed by atoms with Crippen LogP contribution in [0.5, 0.6) is 0 Å². The Balaban J connectivity index is 4.28. The van der Waals surface area contributed by atoms with E-state index in [2.05, 4.69) is 38.8 Å². The predicted molar refractivity (Wildman–Crippen MR) is 61.1 cm³/mol. The summed E-state index contributed by atoms with van der Waals surface area (Å²) in [5.41, 5.74) is 0. The molecule has 5 heteroatoms. The van der Waals surface area contributed by atoms with Crippen molar-refractivity contribution < 1.29 is 19.4 Å². The molecule has 0 aromatic carbocycles. The fourth-order valence-electron chi connectivity index (χ4n) is 0.993. The zero-order valence-corrected chi connectivity index (χ0v) is 11.5. The van der Waals surface area contributed by atoms with E-state index in [0.717, 1.165) is 0 Å². The molecule has 4 nitrogen and oxygen atoms in total. The van der Waals surface area contributed by atoms with E-state index in [1.165, 1.54) is 0 Å². The first kappa shape index (κ1) is 14.6. The molecule has 0 fully saturated rings. The molecule has 0 aromatic rings. The maximum atomic E-state index is 10.8. The van der Waals surface area contributed by atoms with Gasteiger partial charge in [-0.2, -0.15) is 5.26 Å². The third-order valence-corrected chi connectivity index (χ3v) is 7.46. The molecule has 0 aliphatic rings. The molecule has 0 saturated carbocycles. The highest BCUT2D eigenvalue weighted by atomic mass is 28.4. The van der Waals surface area contributed by atoms with Gasteiger partial charge in [0, 0.05) is 0 Å². The van der Waals surface area contributed by atoms with E-state index in [4.69, 9.17) is 9.68 Å². The largest absolute Gasteiger partial charge is 0.414 e. The normalized spacial score (nSPS) is 14.9. The second-order valence-corrected chi connectivity index (χ2v) is 10.1. The standard InChI is InChI=1S/C10H22O4Si/c1-8(7-9(11)13-12)14-15(5,6)10(2,3)4/h8,12H,7H2,1-6H3/t8-/m1/s1. The highest BCUT2D eigenvalue weighted by Crippen LogP contribution is 2.37.